The number of rotatable bonds is 5. The van der Waals surface area contributed by atoms with Crippen LogP contribution in [0.1, 0.15) is 19.3 Å². The van der Waals surface area contributed by atoms with Gasteiger partial charge in [-0.15, -0.1) is 0 Å². The average Bonchev–Trinajstić information content (AvgIpc) is 2.68. The van der Waals surface area contributed by atoms with Crippen molar-refractivity contribution in [1.29, 1.82) is 0 Å². The largest absolute Gasteiger partial charge is 0.266 e. The van der Waals surface area contributed by atoms with Gasteiger partial charge in [-0.3, -0.25) is 4.31 Å². The summed E-state index contributed by atoms with van der Waals surface area (Å²) in [6.07, 6.45) is 2.64. The molecule has 0 aromatic heterocycles. The van der Waals surface area contributed by atoms with Crippen LogP contribution < -0.4 is 4.31 Å². The number of piperidine rings is 1. The molecule has 1 fully saturated rings. The predicted octanol–water partition coefficient (Wildman–Crippen LogP) is 2.83. The smallest absolute Gasteiger partial charge is 0.264 e. The van der Waals surface area contributed by atoms with Crippen LogP contribution in [0.4, 0.5) is 10.1 Å². The standard InChI is InChI=1S/C18H21FN2O4S2/c1-20(18-8-4-3-7-17(18)19)26(22,23)15-9-11-16(12-10-15)27(24,25)21-13-5-2-6-14-21/h3-4,7-12H,2,5-6,13-14H2,1H3. The minimum absolute atomic E-state index is 0.0527. The summed E-state index contributed by atoms with van der Waals surface area (Å²) < 4.78 is 67.0. The lowest BCUT2D eigenvalue weighted by Crippen LogP contribution is -2.35. The van der Waals surface area contributed by atoms with E-state index in [9.17, 15) is 21.2 Å². The molecule has 9 heteroatoms. The fourth-order valence-corrected chi connectivity index (χ4v) is 5.75. The maximum Gasteiger partial charge on any atom is 0.264 e. The van der Waals surface area contributed by atoms with Crippen LogP contribution in [0, 0.1) is 5.82 Å². The third-order valence-corrected chi connectivity index (χ3v) is 8.33. The molecule has 0 atom stereocenters. The molecule has 0 radical (unpaired) electrons. The van der Waals surface area contributed by atoms with Crippen LogP contribution in [-0.4, -0.2) is 41.3 Å². The van der Waals surface area contributed by atoms with Crippen LogP contribution in [-0.2, 0) is 20.0 Å². The normalized spacial score (nSPS) is 16.2. The van der Waals surface area contributed by atoms with Gasteiger partial charge in [0.05, 0.1) is 15.5 Å². The molecule has 1 aliphatic rings. The number of hydrogen-bond acceptors (Lipinski definition) is 4. The Hall–Kier alpha value is -1.97. The summed E-state index contributed by atoms with van der Waals surface area (Å²) in [7, 11) is -6.40. The summed E-state index contributed by atoms with van der Waals surface area (Å²) in [6, 6.07) is 10.6. The van der Waals surface area contributed by atoms with Gasteiger partial charge < -0.3 is 0 Å². The first kappa shape index (κ1) is 19.8. The number of halogens is 1. The average molecular weight is 413 g/mol. The molecule has 1 saturated heterocycles. The van der Waals surface area contributed by atoms with Crippen molar-refractivity contribution in [2.75, 3.05) is 24.4 Å². The molecular weight excluding hydrogens is 391 g/mol. The van der Waals surface area contributed by atoms with E-state index in [1.54, 1.807) is 6.07 Å². The van der Waals surface area contributed by atoms with Crippen LogP contribution >= 0.6 is 0 Å². The van der Waals surface area contributed by atoms with E-state index in [1.807, 2.05) is 0 Å². The molecule has 6 nitrogen and oxygen atoms in total. The van der Waals surface area contributed by atoms with Crippen LogP contribution in [0.3, 0.4) is 0 Å². The Kier molecular flexibility index (Phi) is 5.55. The fourth-order valence-electron chi connectivity index (χ4n) is 3.03. The van der Waals surface area contributed by atoms with Crippen LogP contribution in [0.2, 0.25) is 0 Å². The molecular formula is C18H21FN2O4S2. The van der Waals surface area contributed by atoms with Crippen molar-refractivity contribution >= 4 is 25.7 Å². The van der Waals surface area contributed by atoms with E-state index in [0.29, 0.717) is 13.1 Å². The maximum atomic E-state index is 13.9. The Morgan fingerprint density at radius 3 is 2.00 bits per heavy atom. The Labute approximate surface area is 159 Å². The second-order valence-corrected chi connectivity index (χ2v) is 10.3. The molecule has 2 aromatic rings. The minimum atomic E-state index is -4.02. The topological polar surface area (TPSA) is 74.8 Å². The van der Waals surface area contributed by atoms with E-state index in [2.05, 4.69) is 0 Å². The van der Waals surface area contributed by atoms with Crippen molar-refractivity contribution in [3.8, 4) is 0 Å². The molecule has 0 amide bonds. The molecule has 146 valence electrons. The number of hydrogen-bond donors (Lipinski definition) is 0. The van der Waals surface area contributed by atoms with Gasteiger partial charge in [0, 0.05) is 20.1 Å². The third kappa shape index (κ3) is 3.85. The Balaban J connectivity index is 1.89. The van der Waals surface area contributed by atoms with Gasteiger partial charge >= 0.3 is 0 Å². The third-order valence-electron chi connectivity index (χ3n) is 4.63. The minimum Gasteiger partial charge on any atom is -0.266 e. The molecule has 1 aliphatic heterocycles. The van der Waals surface area contributed by atoms with E-state index in [-0.39, 0.29) is 15.5 Å². The Morgan fingerprint density at radius 2 is 1.41 bits per heavy atom. The van der Waals surface area contributed by atoms with Crippen LogP contribution in [0.25, 0.3) is 0 Å². The summed E-state index contributed by atoms with van der Waals surface area (Å²) in [5, 5.41) is 0. The number of para-hydroxylation sites is 1. The van der Waals surface area contributed by atoms with Crippen LogP contribution in [0.5, 0.6) is 0 Å². The van der Waals surface area contributed by atoms with Crippen molar-refractivity contribution in [2.45, 2.75) is 29.1 Å². The molecule has 1 heterocycles. The van der Waals surface area contributed by atoms with Gasteiger partial charge in [0.1, 0.15) is 5.82 Å². The van der Waals surface area contributed by atoms with Gasteiger partial charge in [-0.2, -0.15) is 4.31 Å². The first-order valence-corrected chi connectivity index (χ1v) is 11.5. The number of benzene rings is 2. The zero-order chi connectivity index (χ0) is 19.7. The molecule has 3 rings (SSSR count). The van der Waals surface area contributed by atoms with Crippen molar-refractivity contribution in [2.24, 2.45) is 0 Å². The molecule has 0 N–H and O–H groups in total. The fraction of sp³-hybridized carbons (Fsp3) is 0.333. The van der Waals surface area contributed by atoms with Gasteiger partial charge in [-0.1, -0.05) is 18.6 Å². The first-order valence-electron chi connectivity index (χ1n) is 8.58. The summed E-state index contributed by atoms with van der Waals surface area (Å²) in [6.45, 7) is 0.941. The quantitative estimate of drug-likeness (QED) is 0.757. The molecule has 2 aromatic carbocycles. The zero-order valence-corrected chi connectivity index (χ0v) is 16.5. The highest BCUT2D eigenvalue weighted by atomic mass is 32.2. The second kappa shape index (κ2) is 7.57. The summed E-state index contributed by atoms with van der Waals surface area (Å²) in [4.78, 5) is -0.0530. The monoisotopic (exact) mass is 412 g/mol. The highest BCUT2D eigenvalue weighted by molar-refractivity contribution is 7.92. The molecule has 0 unspecified atom stereocenters. The van der Waals surface area contributed by atoms with E-state index < -0.39 is 25.9 Å². The van der Waals surface area contributed by atoms with Crippen LogP contribution in [0.15, 0.2) is 58.3 Å². The van der Waals surface area contributed by atoms with Gasteiger partial charge in [0.15, 0.2) is 0 Å². The van der Waals surface area contributed by atoms with E-state index >= 15 is 0 Å². The molecule has 0 aliphatic carbocycles. The van der Waals surface area contributed by atoms with Gasteiger partial charge in [0.2, 0.25) is 10.0 Å². The van der Waals surface area contributed by atoms with Crippen molar-refractivity contribution < 1.29 is 21.2 Å². The lowest BCUT2D eigenvalue weighted by Gasteiger charge is -2.26. The number of anilines is 1. The van der Waals surface area contributed by atoms with Crippen molar-refractivity contribution in [3.63, 3.8) is 0 Å². The Morgan fingerprint density at radius 1 is 0.852 bits per heavy atom. The first-order chi connectivity index (χ1) is 12.7. The highest BCUT2D eigenvalue weighted by Gasteiger charge is 2.28. The molecule has 0 bridgehead atoms. The number of sulfonamides is 2. The second-order valence-electron chi connectivity index (χ2n) is 6.36. The van der Waals surface area contributed by atoms with E-state index in [4.69, 9.17) is 0 Å². The predicted molar refractivity (Wildman–Crippen MR) is 101 cm³/mol. The van der Waals surface area contributed by atoms with Crippen molar-refractivity contribution in [3.05, 3.63) is 54.3 Å². The molecule has 0 saturated carbocycles. The van der Waals surface area contributed by atoms with Gasteiger partial charge in [0.25, 0.3) is 10.0 Å². The molecule has 27 heavy (non-hydrogen) atoms. The Bertz CT molecular complexity index is 1020. The highest BCUT2D eigenvalue weighted by Crippen LogP contribution is 2.26. The lowest BCUT2D eigenvalue weighted by atomic mass is 10.2. The van der Waals surface area contributed by atoms with Gasteiger partial charge in [-0.25, -0.2) is 21.2 Å². The van der Waals surface area contributed by atoms with Crippen molar-refractivity contribution in [1.82, 2.24) is 4.31 Å². The van der Waals surface area contributed by atoms with E-state index in [1.165, 1.54) is 53.8 Å². The SMILES string of the molecule is CN(c1ccccc1F)S(=O)(=O)c1ccc(S(=O)(=O)N2CCCCC2)cc1. The summed E-state index contributed by atoms with van der Waals surface area (Å²) in [5.41, 5.74) is -0.0810. The summed E-state index contributed by atoms with van der Waals surface area (Å²) in [5.74, 6) is -0.659. The maximum absolute atomic E-state index is 13.9. The summed E-state index contributed by atoms with van der Waals surface area (Å²) >= 11 is 0. The van der Waals surface area contributed by atoms with Gasteiger partial charge in [-0.05, 0) is 49.2 Å². The lowest BCUT2D eigenvalue weighted by molar-refractivity contribution is 0.346. The number of nitrogens with zero attached hydrogens (tertiary/aromatic N) is 2. The molecule has 0 spiro atoms. The zero-order valence-electron chi connectivity index (χ0n) is 14.9. The van der Waals surface area contributed by atoms with E-state index in [0.717, 1.165) is 23.6 Å².